The maximum atomic E-state index is 12.1. The number of benzene rings is 2. The Balaban J connectivity index is 1.52. The lowest BCUT2D eigenvalue weighted by atomic mass is 9.80. The highest BCUT2D eigenvalue weighted by Gasteiger charge is 2.50. The second-order valence-corrected chi connectivity index (χ2v) is 8.26. The van der Waals surface area contributed by atoms with E-state index in [2.05, 4.69) is 47.6 Å². The summed E-state index contributed by atoms with van der Waals surface area (Å²) in [6.07, 6.45) is 4.78. The van der Waals surface area contributed by atoms with Gasteiger partial charge in [-0.3, -0.25) is 9.69 Å². The van der Waals surface area contributed by atoms with E-state index in [0.717, 1.165) is 17.7 Å². The van der Waals surface area contributed by atoms with Gasteiger partial charge in [-0.15, -0.1) is 0 Å². The number of nitrogens with one attached hydrogen (secondary N) is 1. The summed E-state index contributed by atoms with van der Waals surface area (Å²) >= 11 is 0. The van der Waals surface area contributed by atoms with Crippen LogP contribution in [0.2, 0.25) is 0 Å². The van der Waals surface area contributed by atoms with E-state index in [1.807, 2.05) is 24.3 Å². The number of carbonyl (C=O) groups excluding carboxylic acids is 1. The van der Waals surface area contributed by atoms with Crippen molar-refractivity contribution >= 4 is 11.6 Å². The van der Waals surface area contributed by atoms with Crippen molar-refractivity contribution in [1.29, 1.82) is 0 Å². The molecule has 3 unspecified atom stereocenters. The van der Waals surface area contributed by atoms with E-state index in [-0.39, 0.29) is 11.4 Å². The normalized spacial score (nSPS) is 27.4. The minimum Gasteiger partial charge on any atom is -0.382 e. The molecule has 4 heteroatoms. The number of hydrogen-bond donors (Lipinski definition) is 1. The third-order valence-electron chi connectivity index (χ3n) is 6.47. The van der Waals surface area contributed by atoms with Gasteiger partial charge in [-0.2, -0.15) is 0 Å². The highest BCUT2D eigenvalue weighted by Crippen LogP contribution is 2.50. The van der Waals surface area contributed by atoms with Gasteiger partial charge in [0.1, 0.15) is 0 Å². The lowest BCUT2D eigenvalue weighted by molar-refractivity contribution is 0.0732. The fraction of sp³-hybridized carbons (Fsp3) is 0.435. The molecule has 0 spiro atoms. The average molecular weight is 364 g/mol. The Labute approximate surface area is 162 Å². The number of carbonyl (C=O) groups is 1. The summed E-state index contributed by atoms with van der Waals surface area (Å²) in [6.45, 7) is 0. The van der Waals surface area contributed by atoms with Crippen molar-refractivity contribution in [3.63, 3.8) is 0 Å². The number of anilines is 1. The van der Waals surface area contributed by atoms with Crippen LogP contribution in [0.4, 0.5) is 5.69 Å². The molecule has 3 atom stereocenters. The molecule has 2 aromatic rings. The highest BCUT2D eigenvalue weighted by atomic mass is 16.2. The van der Waals surface area contributed by atoms with E-state index in [4.69, 9.17) is 0 Å². The predicted octanol–water partition coefficient (Wildman–Crippen LogP) is 3.95. The van der Waals surface area contributed by atoms with Gasteiger partial charge in [0.25, 0.3) is 5.91 Å². The zero-order chi connectivity index (χ0) is 19.0. The van der Waals surface area contributed by atoms with Gasteiger partial charge in [-0.25, -0.2) is 0 Å². The fourth-order valence-corrected chi connectivity index (χ4v) is 4.99. The van der Waals surface area contributed by atoms with Gasteiger partial charge in [0.2, 0.25) is 0 Å². The van der Waals surface area contributed by atoms with Crippen molar-refractivity contribution in [3.8, 4) is 0 Å². The monoisotopic (exact) mass is 363 g/mol. The number of fused-ring (bicyclic) bond motifs is 2. The molecule has 0 aromatic heterocycles. The van der Waals surface area contributed by atoms with Gasteiger partial charge in [0.15, 0.2) is 0 Å². The summed E-state index contributed by atoms with van der Waals surface area (Å²) in [5, 5.41) is 3.74. The third kappa shape index (κ3) is 3.23. The molecule has 1 N–H and O–H groups in total. The van der Waals surface area contributed by atoms with Crippen LogP contribution < -0.4 is 5.32 Å². The Morgan fingerprint density at radius 2 is 1.81 bits per heavy atom. The smallest absolute Gasteiger partial charge is 0.253 e. The molecular weight excluding hydrogens is 334 g/mol. The Morgan fingerprint density at radius 3 is 2.48 bits per heavy atom. The molecule has 2 fully saturated rings. The quantitative estimate of drug-likeness (QED) is 0.893. The highest BCUT2D eigenvalue weighted by molar-refractivity contribution is 5.94. The zero-order valence-electron chi connectivity index (χ0n) is 16.5. The molecule has 0 aliphatic carbocycles. The van der Waals surface area contributed by atoms with Gasteiger partial charge >= 0.3 is 0 Å². The van der Waals surface area contributed by atoms with Crippen LogP contribution in [0.3, 0.4) is 0 Å². The molecule has 2 heterocycles. The molecule has 2 aliphatic heterocycles. The standard InChI is InChI=1S/C23H29N3O/c1-25(2)22(27)17-9-11-19(12-10-17)24-20-15-21-13-14-23(16-20,26(21)3)18-7-5-4-6-8-18/h4-12,20-21,24H,13-16H2,1-3H3. The van der Waals surface area contributed by atoms with Crippen molar-refractivity contribution in [2.24, 2.45) is 0 Å². The SMILES string of the molecule is CN(C)C(=O)c1ccc(NC2CC3CCC(c4ccccc4)(C2)N3C)cc1. The number of piperidine rings is 1. The summed E-state index contributed by atoms with van der Waals surface area (Å²) in [4.78, 5) is 16.3. The van der Waals surface area contributed by atoms with E-state index in [0.29, 0.717) is 12.1 Å². The Kier molecular flexibility index (Phi) is 4.68. The van der Waals surface area contributed by atoms with Gasteiger partial charge in [-0.05, 0) is 62.6 Å². The minimum atomic E-state index is 0.0434. The molecule has 0 radical (unpaired) electrons. The van der Waals surface area contributed by atoms with Gasteiger partial charge < -0.3 is 10.2 Å². The zero-order valence-corrected chi connectivity index (χ0v) is 16.5. The Hall–Kier alpha value is -2.33. The van der Waals surface area contributed by atoms with E-state index in [9.17, 15) is 4.79 Å². The second kappa shape index (κ2) is 7.01. The van der Waals surface area contributed by atoms with Crippen molar-refractivity contribution in [1.82, 2.24) is 9.80 Å². The maximum absolute atomic E-state index is 12.1. The number of rotatable bonds is 4. The molecule has 2 aromatic carbocycles. The van der Waals surface area contributed by atoms with Crippen LogP contribution in [0.1, 0.15) is 41.6 Å². The first kappa shape index (κ1) is 18.1. The maximum Gasteiger partial charge on any atom is 0.253 e. The molecule has 0 saturated carbocycles. The van der Waals surface area contributed by atoms with Crippen LogP contribution in [0, 0.1) is 0 Å². The minimum absolute atomic E-state index is 0.0434. The average Bonchev–Trinajstić information content (AvgIpc) is 2.88. The lowest BCUT2D eigenvalue weighted by Crippen LogP contribution is -2.51. The molecule has 2 bridgehead atoms. The third-order valence-corrected chi connectivity index (χ3v) is 6.47. The van der Waals surface area contributed by atoms with Crippen LogP contribution in [0.15, 0.2) is 54.6 Å². The first-order valence-electron chi connectivity index (χ1n) is 9.86. The van der Waals surface area contributed by atoms with Crippen molar-refractivity contribution in [2.45, 2.75) is 43.3 Å². The van der Waals surface area contributed by atoms with Crippen LogP contribution in [0.25, 0.3) is 0 Å². The molecule has 4 rings (SSSR count). The number of hydrogen-bond acceptors (Lipinski definition) is 3. The van der Waals surface area contributed by atoms with Crippen molar-refractivity contribution in [2.75, 3.05) is 26.5 Å². The first-order chi connectivity index (χ1) is 13.0. The first-order valence-corrected chi connectivity index (χ1v) is 9.86. The summed E-state index contributed by atoms with van der Waals surface area (Å²) < 4.78 is 0. The largest absolute Gasteiger partial charge is 0.382 e. The molecular formula is C23H29N3O. The van der Waals surface area contributed by atoms with Gasteiger partial charge in [0.05, 0.1) is 0 Å². The summed E-state index contributed by atoms with van der Waals surface area (Å²) in [7, 11) is 5.86. The summed E-state index contributed by atoms with van der Waals surface area (Å²) in [6, 6.07) is 20.0. The Morgan fingerprint density at radius 1 is 1.11 bits per heavy atom. The second-order valence-electron chi connectivity index (χ2n) is 8.26. The van der Waals surface area contributed by atoms with E-state index < -0.39 is 0 Å². The summed E-state index contributed by atoms with van der Waals surface area (Å²) in [5.41, 5.74) is 3.41. The number of amides is 1. The van der Waals surface area contributed by atoms with Crippen LogP contribution >= 0.6 is 0 Å². The molecule has 2 saturated heterocycles. The molecule has 1 amide bonds. The lowest BCUT2D eigenvalue weighted by Gasteiger charge is -2.46. The van der Waals surface area contributed by atoms with E-state index >= 15 is 0 Å². The van der Waals surface area contributed by atoms with Crippen molar-refractivity contribution < 1.29 is 4.79 Å². The van der Waals surface area contributed by atoms with E-state index in [1.54, 1.807) is 19.0 Å². The number of nitrogens with zero attached hydrogens (tertiary/aromatic N) is 2. The summed E-state index contributed by atoms with van der Waals surface area (Å²) in [5.74, 6) is 0.0434. The molecule has 142 valence electrons. The topological polar surface area (TPSA) is 35.6 Å². The molecule has 2 aliphatic rings. The fourth-order valence-electron chi connectivity index (χ4n) is 4.99. The van der Waals surface area contributed by atoms with Gasteiger partial charge in [0, 0.05) is 43.0 Å². The van der Waals surface area contributed by atoms with Crippen LogP contribution in [0.5, 0.6) is 0 Å². The Bertz CT molecular complexity index is 802. The van der Waals surface area contributed by atoms with Crippen molar-refractivity contribution in [3.05, 3.63) is 65.7 Å². The molecule has 27 heavy (non-hydrogen) atoms. The van der Waals surface area contributed by atoms with Crippen LogP contribution in [-0.2, 0) is 5.54 Å². The van der Waals surface area contributed by atoms with Gasteiger partial charge in [-0.1, -0.05) is 30.3 Å². The van der Waals surface area contributed by atoms with E-state index in [1.165, 1.54) is 24.8 Å². The predicted molar refractivity (Wildman–Crippen MR) is 110 cm³/mol. The van der Waals surface area contributed by atoms with Crippen LogP contribution in [-0.4, -0.2) is 48.9 Å². The molecule has 4 nitrogen and oxygen atoms in total.